The maximum absolute atomic E-state index is 12.2. The summed E-state index contributed by atoms with van der Waals surface area (Å²) in [6, 6.07) is 10.2. The predicted octanol–water partition coefficient (Wildman–Crippen LogP) is 2.79. The number of rotatable bonds is 5. The Morgan fingerprint density at radius 1 is 1.24 bits per heavy atom. The van der Waals surface area contributed by atoms with Crippen LogP contribution < -0.4 is 10.6 Å². The smallest absolute Gasteiger partial charge is 0.408 e. The summed E-state index contributed by atoms with van der Waals surface area (Å²) < 4.78 is 5.45. The van der Waals surface area contributed by atoms with Crippen molar-refractivity contribution in [1.29, 1.82) is 0 Å². The van der Waals surface area contributed by atoms with Crippen molar-refractivity contribution < 1.29 is 9.53 Å². The molecule has 1 aromatic rings. The summed E-state index contributed by atoms with van der Waals surface area (Å²) in [5, 5.41) is 6.55. The van der Waals surface area contributed by atoms with E-state index in [1.165, 1.54) is 13.1 Å². The molecule has 0 aliphatic carbocycles. The molecule has 0 saturated carbocycles. The van der Waals surface area contributed by atoms with Crippen LogP contribution >= 0.6 is 0 Å². The number of benzene rings is 1. The topological polar surface area (TPSA) is 53.6 Å². The van der Waals surface area contributed by atoms with Crippen molar-refractivity contribution in [3.8, 4) is 0 Å². The molecular formula is C20H31N3O2. The fourth-order valence-corrected chi connectivity index (χ4v) is 3.90. The van der Waals surface area contributed by atoms with Gasteiger partial charge in [0.05, 0.1) is 6.04 Å². The molecule has 2 heterocycles. The lowest BCUT2D eigenvalue weighted by Gasteiger charge is -2.26. The van der Waals surface area contributed by atoms with Crippen LogP contribution in [0.5, 0.6) is 0 Å². The first-order chi connectivity index (χ1) is 11.9. The molecule has 2 unspecified atom stereocenters. The maximum Gasteiger partial charge on any atom is 0.408 e. The number of ether oxygens (including phenoxy) is 1. The van der Waals surface area contributed by atoms with Crippen molar-refractivity contribution in [3.05, 3.63) is 35.9 Å². The van der Waals surface area contributed by atoms with E-state index in [1.807, 2.05) is 39.0 Å². The van der Waals surface area contributed by atoms with Gasteiger partial charge in [0.15, 0.2) is 0 Å². The number of carbonyl (C=O) groups excluding carboxylic acids is 1. The summed E-state index contributed by atoms with van der Waals surface area (Å²) in [5.41, 5.74) is 0.652. The zero-order chi connectivity index (χ0) is 17.9. The number of nitrogens with zero attached hydrogens (tertiary/aromatic N) is 1. The van der Waals surface area contributed by atoms with Crippen molar-refractivity contribution in [3.63, 3.8) is 0 Å². The van der Waals surface area contributed by atoms with E-state index < -0.39 is 5.60 Å². The van der Waals surface area contributed by atoms with Gasteiger partial charge in [0.2, 0.25) is 0 Å². The standard InChI is InChI=1S/C20H31N3O2/c1-20(2,3)25-19(24)22-18(15-7-5-4-6-8-15)9-10-23-13-16-11-21-12-17(16)14-23/h4-8,16-18,21H,9-14H2,1-3H3,(H,22,24)/t16?,17?,18-/m1/s1. The van der Waals surface area contributed by atoms with Gasteiger partial charge in [-0.05, 0) is 57.7 Å². The minimum atomic E-state index is -0.481. The van der Waals surface area contributed by atoms with Crippen molar-refractivity contribution in [2.75, 3.05) is 32.7 Å². The molecule has 0 spiro atoms. The summed E-state index contributed by atoms with van der Waals surface area (Å²) >= 11 is 0. The van der Waals surface area contributed by atoms with Gasteiger partial charge >= 0.3 is 6.09 Å². The Labute approximate surface area is 151 Å². The van der Waals surface area contributed by atoms with Crippen LogP contribution in [0, 0.1) is 11.8 Å². The quantitative estimate of drug-likeness (QED) is 0.862. The summed E-state index contributed by atoms with van der Waals surface area (Å²) in [6.45, 7) is 11.3. The van der Waals surface area contributed by atoms with E-state index >= 15 is 0 Å². The van der Waals surface area contributed by atoms with Crippen LogP contribution in [0.4, 0.5) is 4.79 Å². The lowest BCUT2D eigenvalue weighted by molar-refractivity contribution is 0.0498. The molecule has 2 fully saturated rings. The number of alkyl carbamates (subject to hydrolysis) is 1. The van der Waals surface area contributed by atoms with Crippen molar-refractivity contribution in [2.24, 2.45) is 11.8 Å². The summed E-state index contributed by atoms with van der Waals surface area (Å²) in [7, 11) is 0. The van der Waals surface area contributed by atoms with Crippen LogP contribution in [-0.4, -0.2) is 49.3 Å². The SMILES string of the molecule is CC(C)(C)OC(=O)N[C@H](CCN1CC2CNCC2C1)c1ccccc1. The molecule has 2 N–H and O–H groups in total. The van der Waals surface area contributed by atoms with Gasteiger partial charge in [0.1, 0.15) is 5.60 Å². The zero-order valence-electron chi connectivity index (χ0n) is 15.6. The Morgan fingerprint density at radius 2 is 1.88 bits per heavy atom. The van der Waals surface area contributed by atoms with Crippen LogP contribution in [0.15, 0.2) is 30.3 Å². The van der Waals surface area contributed by atoms with Crippen molar-refractivity contribution in [2.45, 2.75) is 38.8 Å². The van der Waals surface area contributed by atoms with Crippen LogP contribution in [0.25, 0.3) is 0 Å². The molecule has 2 saturated heterocycles. The lowest BCUT2D eigenvalue weighted by atomic mass is 10.0. The molecule has 0 bridgehead atoms. The largest absolute Gasteiger partial charge is 0.444 e. The highest BCUT2D eigenvalue weighted by Gasteiger charge is 2.36. The highest BCUT2D eigenvalue weighted by molar-refractivity contribution is 5.68. The minimum Gasteiger partial charge on any atom is -0.444 e. The van der Waals surface area contributed by atoms with E-state index in [0.717, 1.165) is 43.5 Å². The van der Waals surface area contributed by atoms with Gasteiger partial charge in [-0.2, -0.15) is 0 Å². The maximum atomic E-state index is 12.2. The first-order valence-corrected chi connectivity index (χ1v) is 9.38. The lowest BCUT2D eigenvalue weighted by Crippen LogP contribution is -2.36. The number of fused-ring (bicyclic) bond motifs is 1. The first-order valence-electron chi connectivity index (χ1n) is 9.38. The molecule has 2 aliphatic rings. The molecule has 5 nitrogen and oxygen atoms in total. The average Bonchev–Trinajstić information content (AvgIpc) is 3.11. The van der Waals surface area contributed by atoms with E-state index in [9.17, 15) is 4.79 Å². The van der Waals surface area contributed by atoms with Gasteiger partial charge < -0.3 is 20.3 Å². The third kappa shape index (κ3) is 5.19. The predicted molar refractivity (Wildman–Crippen MR) is 99.5 cm³/mol. The molecule has 0 aromatic heterocycles. The van der Waals surface area contributed by atoms with Crippen LogP contribution in [0.2, 0.25) is 0 Å². The van der Waals surface area contributed by atoms with Crippen LogP contribution in [0.1, 0.15) is 38.8 Å². The minimum absolute atomic E-state index is 0.0189. The number of likely N-dealkylation sites (tertiary alicyclic amines) is 1. The fourth-order valence-electron chi connectivity index (χ4n) is 3.90. The first kappa shape index (κ1) is 18.2. The third-order valence-electron chi connectivity index (χ3n) is 5.09. The van der Waals surface area contributed by atoms with E-state index in [4.69, 9.17) is 4.74 Å². The van der Waals surface area contributed by atoms with Crippen LogP contribution in [0.3, 0.4) is 0 Å². The Balaban J connectivity index is 1.58. The van der Waals surface area contributed by atoms with Gasteiger partial charge in [-0.1, -0.05) is 30.3 Å². The Bertz CT molecular complexity index is 558. The van der Waals surface area contributed by atoms with Crippen molar-refractivity contribution >= 4 is 6.09 Å². The monoisotopic (exact) mass is 345 g/mol. The van der Waals surface area contributed by atoms with Gasteiger partial charge in [-0.25, -0.2) is 4.79 Å². The molecule has 25 heavy (non-hydrogen) atoms. The van der Waals surface area contributed by atoms with Crippen LogP contribution in [-0.2, 0) is 4.74 Å². The normalized spacial score (nSPS) is 24.8. The zero-order valence-corrected chi connectivity index (χ0v) is 15.6. The molecule has 138 valence electrons. The molecular weight excluding hydrogens is 314 g/mol. The average molecular weight is 345 g/mol. The molecule has 3 rings (SSSR count). The second kappa shape index (κ2) is 7.75. The molecule has 1 aromatic carbocycles. The number of hydrogen-bond acceptors (Lipinski definition) is 4. The van der Waals surface area contributed by atoms with Gasteiger partial charge in [0, 0.05) is 19.6 Å². The summed E-state index contributed by atoms with van der Waals surface area (Å²) in [6.07, 6.45) is 0.555. The third-order valence-corrected chi connectivity index (χ3v) is 5.09. The second-order valence-corrected chi connectivity index (χ2v) is 8.34. The second-order valence-electron chi connectivity index (χ2n) is 8.34. The highest BCUT2D eigenvalue weighted by atomic mass is 16.6. The molecule has 0 radical (unpaired) electrons. The van der Waals surface area contributed by atoms with Gasteiger partial charge in [0.25, 0.3) is 0 Å². The van der Waals surface area contributed by atoms with Crippen molar-refractivity contribution in [1.82, 2.24) is 15.5 Å². The van der Waals surface area contributed by atoms with E-state index in [0.29, 0.717) is 0 Å². The Hall–Kier alpha value is -1.59. The number of nitrogens with one attached hydrogen (secondary N) is 2. The highest BCUT2D eigenvalue weighted by Crippen LogP contribution is 2.27. The number of amides is 1. The Kier molecular flexibility index (Phi) is 5.64. The number of hydrogen-bond donors (Lipinski definition) is 2. The van der Waals surface area contributed by atoms with E-state index in [-0.39, 0.29) is 12.1 Å². The molecule has 5 heteroatoms. The summed E-state index contributed by atoms with van der Waals surface area (Å²) in [5.74, 6) is 1.60. The Morgan fingerprint density at radius 3 is 2.48 bits per heavy atom. The van der Waals surface area contributed by atoms with Gasteiger partial charge in [-0.3, -0.25) is 0 Å². The fraction of sp³-hybridized carbons (Fsp3) is 0.650. The van der Waals surface area contributed by atoms with E-state index in [1.54, 1.807) is 0 Å². The molecule has 2 aliphatic heterocycles. The molecule has 1 amide bonds. The van der Waals surface area contributed by atoms with E-state index in [2.05, 4.69) is 27.7 Å². The summed E-state index contributed by atoms with van der Waals surface area (Å²) in [4.78, 5) is 14.8. The number of carbonyl (C=O) groups is 1. The van der Waals surface area contributed by atoms with Gasteiger partial charge in [-0.15, -0.1) is 0 Å². The molecule has 3 atom stereocenters.